The Morgan fingerprint density at radius 1 is 1.38 bits per heavy atom. The van der Waals surface area contributed by atoms with Crippen molar-refractivity contribution in [1.29, 1.82) is 10.8 Å². The van der Waals surface area contributed by atoms with Gasteiger partial charge >= 0.3 is 6.55 Å². The highest BCUT2D eigenvalue weighted by Gasteiger charge is 2.29. The molecule has 0 bridgehead atoms. The summed E-state index contributed by atoms with van der Waals surface area (Å²) in [6.45, 7) is 5.95. The quantitative estimate of drug-likeness (QED) is 0.455. The molecule has 0 saturated carbocycles. The molecule has 1 aromatic rings. The van der Waals surface area contributed by atoms with Gasteiger partial charge in [-0.2, -0.15) is 8.78 Å². The Balaban J connectivity index is 0.00000106. The zero-order valence-electron chi connectivity index (χ0n) is 12.8. The van der Waals surface area contributed by atoms with E-state index in [1.54, 1.807) is 4.57 Å². The Bertz CT molecular complexity index is 523. The number of halogens is 2. The molecule has 0 saturated heterocycles. The number of fused-ring (bicyclic) bond motifs is 1. The predicted molar refractivity (Wildman–Crippen MR) is 77.9 cm³/mol. The molecule has 118 valence electrons. The SMILES string of the molecule is CC.CCn1c(C(=N)N(C(C)=N)C(F)F)nc2c1CNC2. The molecule has 0 amide bonds. The van der Waals surface area contributed by atoms with Crippen molar-refractivity contribution >= 4 is 11.7 Å². The lowest BCUT2D eigenvalue weighted by atomic mass is 10.4. The topological polar surface area (TPSA) is 80.8 Å². The van der Waals surface area contributed by atoms with Crippen LogP contribution in [-0.4, -0.2) is 32.7 Å². The Morgan fingerprint density at radius 3 is 2.48 bits per heavy atom. The Morgan fingerprint density at radius 2 is 2.00 bits per heavy atom. The molecule has 0 atom stereocenters. The second-order valence-corrected chi connectivity index (χ2v) is 4.26. The van der Waals surface area contributed by atoms with Gasteiger partial charge in [0.05, 0.1) is 11.4 Å². The van der Waals surface area contributed by atoms with E-state index in [-0.39, 0.29) is 11.7 Å². The molecule has 1 aliphatic rings. The third-order valence-corrected chi connectivity index (χ3v) is 3.07. The summed E-state index contributed by atoms with van der Waals surface area (Å²) in [5.41, 5.74) is 1.72. The summed E-state index contributed by atoms with van der Waals surface area (Å²) in [5.74, 6) is -0.608. The lowest BCUT2D eigenvalue weighted by Crippen LogP contribution is -2.40. The van der Waals surface area contributed by atoms with E-state index >= 15 is 0 Å². The highest BCUT2D eigenvalue weighted by Crippen LogP contribution is 2.19. The fraction of sp³-hybridized carbons (Fsp3) is 0.615. The van der Waals surface area contributed by atoms with Crippen LogP contribution in [-0.2, 0) is 19.6 Å². The zero-order valence-corrected chi connectivity index (χ0v) is 12.8. The van der Waals surface area contributed by atoms with E-state index in [0.29, 0.717) is 24.5 Å². The van der Waals surface area contributed by atoms with Gasteiger partial charge < -0.3 is 9.88 Å². The number of hydrogen-bond acceptors (Lipinski definition) is 4. The summed E-state index contributed by atoms with van der Waals surface area (Å²) in [6, 6.07) is 0. The minimum Gasteiger partial charge on any atom is -0.324 e. The van der Waals surface area contributed by atoms with Crippen molar-refractivity contribution in [3.63, 3.8) is 0 Å². The summed E-state index contributed by atoms with van der Waals surface area (Å²) in [5, 5.41) is 18.4. The average molecular weight is 300 g/mol. The third-order valence-electron chi connectivity index (χ3n) is 3.07. The normalized spacial score (nSPS) is 12.7. The van der Waals surface area contributed by atoms with Gasteiger partial charge in [-0.25, -0.2) is 4.98 Å². The van der Waals surface area contributed by atoms with Crippen LogP contribution in [0.1, 0.15) is 44.9 Å². The molecular formula is C13H22F2N6. The van der Waals surface area contributed by atoms with E-state index in [4.69, 9.17) is 10.8 Å². The first-order chi connectivity index (χ1) is 9.97. The molecule has 6 nitrogen and oxygen atoms in total. The standard InChI is InChI=1S/C11H16F2N6.C2H6/c1-3-18-8-5-16-4-7(8)17-10(18)9(15)19(6(2)14)11(12)13;1-2/h11,14-16H,3-5H2,1-2H3;1-2H3. The fourth-order valence-electron chi connectivity index (χ4n) is 2.22. The molecule has 0 aliphatic carbocycles. The summed E-state index contributed by atoms with van der Waals surface area (Å²) in [4.78, 5) is 4.62. The molecule has 2 heterocycles. The van der Waals surface area contributed by atoms with Crippen LogP contribution in [0.3, 0.4) is 0 Å². The molecule has 0 spiro atoms. The molecule has 0 fully saturated rings. The van der Waals surface area contributed by atoms with Gasteiger partial charge in [-0.15, -0.1) is 0 Å². The Hall–Kier alpha value is -1.83. The van der Waals surface area contributed by atoms with Crippen molar-refractivity contribution in [3.8, 4) is 0 Å². The molecule has 0 unspecified atom stereocenters. The van der Waals surface area contributed by atoms with Crippen LogP contribution in [0.4, 0.5) is 8.78 Å². The largest absolute Gasteiger partial charge is 0.324 e. The number of nitrogens with zero attached hydrogens (tertiary/aromatic N) is 3. The van der Waals surface area contributed by atoms with E-state index in [2.05, 4.69) is 10.3 Å². The number of imidazole rings is 1. The molecule has 8 heteroatoms. The minimum absolute atomic E-state index is 0.195. The number of rotatable bonds is 3. The van der Waals surface area contributed by atoms with Gasteiger partial charge in [0, 0.05) is 19.6 Å². The predicted octanol–water partition coefficient (Wildman–Crippen LogP) is 2.38. The van der Waals surface area contributed by atoms with E-state index in [9.17, 15) is 8.78 Å². The Labute approximate surface area is 123 Å². The molecule has 0 radical (unpaired) electrons. The van der Waals surface area contributed by atoms with Crippen molar-refractivity contribution in [2.75, 3.05) is 0 Å². The van der Waals surface area contributed by atoms with Crippen molar-refractivity contribution in [3.05, 3.63) is 17.2 Å². The highest BCUT2D eigenvalue weighted by atomic mass is 19.3. The molecule has 21 heavy (non-hydrogen) atoms. The Kier molecular flexibility index (Phi) is 5.95. The van der Waals surface area contributed by atoms with E-state index in [1.807, 2.05) is 20.8 Å². The number of amidine groups is 2. The van der Waals surface area contributed by atoms with E-state index in [0.717, 1.165) is 11.4 Å². The van der Waals surface area contributed by atoms with Crippen LogP contribution in [0.25, 0.3) is 0 Å². The second-order valence-electron chi connectivity index (χ2n) is 4.26. The summed E-state index contributed by atoms with van der Waals surface area (Å²) >= 11 is 0. The van der Waals surface area contributed by atoms with Gasteiger partial charge in [-0.1, -0.05) is 13.8 Å². The molecule has 3 N–H and O–H groups in total. The van der Waals surface area contributed by atoms with Crippen molar-refractivity contribution in [2.24, 2.45) is 0 Å². The molecule has 1 aliphatic heterocycles. The van der Waals surface area contributed by atoms with Gasteiger partial charge in [-0.05, 0) is 13.8 Å². The number of aromatic nitrogens is 2. The third kappa shape index (κ3) is 3.26. The number of alkyl halides is 2. The smallest absolute Gasteiger partial charge is 0.321 e. The van der Waals surface area contributed by atoms with Crippen molar-refractivity contribution < 1.29 is 8.78 Å². The zero-order chi connectivity index (χ0) is 16.2. The van der Waals surface area contributed by atoms with E-state index in [1.165, 1.54) is 6.92 Å². The molecule has 1 aromatic heterocycles. The maximum atomic E-state index is 12.9. The monoisotopic (exact) mass is 300 g/mol. The summed E-state index contributed by atoms with van der Waals surface area (Å²) in [6.07, 6.45) is 0. The van der Waals surface area contributed by atoms with Crippen molar-refractivity contribution in [1.82, 2.24) is 19.8 Å². The number of hydrogen-bond donors (Lipinski definition) is 3. The number of nitrogens with one attached hydrogen (secondary N) is 3. The van der Waals surface area contributed by atoms with Crippen LogP contribution in [0, 0.1) is 10.8 Å². The highest BCUT2D eigenvalue weighted by molar-refractivity contribution is 6.04. The second kappa shape index (κ2) is 7.26. The van der Waals surface area contributed by atoms with Gasteiger partial charge in [-0.3, -0.25) is 15.7 Å². The minimum atomic E-state index is -2.92. The summed E-state index contributed by atoms with van der Waals surface area (Å²) < 4.78 is 27.6. The maximum absolute atomic E-state index is 12.9. The van der Waals surface area contributed by atoms with Gasteiger partial charge in [0.25, 0.3) is 0 Å². The van der Waals surface area contributed by atoms with Gasteiger partial charge in [0.15, 0.2) is 11.7 Å². The first-order valence-corrected chi connectivity index (χ1v) is 6.97. The lowest BCUT2D eigenvalue weighted by Gasteiger charge is -2.22. The van der Waals surface area contributed by atoms with Crippen LogP contribution in [0.2, 0.25) is 0 Å². The molecular weight excluding hydrogens is 278 g/mol. The maximum Gasteiger partial charge on any atom is 0.321 e. The lowest BCUT2D eigenvalue weighted by molar-refractivity contribution is 0.0611. The summed E-state index contributed by atoms with van der Waals surface area (Å²) in [7, 11) is 0. The first kappa shape index (κ1) is 17.2. The van der Waals surface area contributed by atoms with Crippen molar-refractivity contribution in [2.45, 2.75) is 53.9 Å². The molecule has 2 rings (SSSR count). The first-order valence-electron chi connectivity index (χ1n) is 6.97. The van der Waals surface area contributed by atoms with Crippen LogP contribution < -0.4 is 5.32 Å². The fourth-order valence-corrected chi connectivity index (χ4v) is 2.22. The van der Waals surface area contributed by atoms with Crippen LogP contribution >= 0.6 is 0 Å². The van der Waals surface area contributed by atoms with Gasteiger partial charge in [0.2, 0.25) is 0 Å². The van der Waals surface area contributed by atoms with Crippen LogP contribution in [0.15, 0.2) is 0 Å². The van der Waals surface area contributed by atoms with Crippen LogP contribution in [0.5, 0.6) is 0 Å². The van der Waals surface area contributed by atoms with Gasteiger partial charge in [0.1, 0.15) is 5.84 Å². The average Bonchev–Trinajstić information content (AvgIpc) is 2.99. The van der Waals surface area contributed by atoms with E-state index < -0.39 is 12.4 Å². The molecule has 0 aromatic carbocycles.